The highest BCUT2D eigenvalue weighted by Gasteiger charge is 2.29. The summed E-state index contributed by atoms with van der Waals surface area (Å²) in [7, 11) is 0. The summed E-state index contributed by atoms with van der Waals surface area (Å²) < 4.78 is 0.732. The zero-order valence-corrected chi connectivity index (χ0v) is 11.6. The number of aromatic nitrogens is 1. The first kappa shape index (κ1) is 12.7. The van der Waals surface area contributed by atoms with Crippen LogP contribution in [0, 0.1) is 0 Å². The fraction of sp³-hybridized carbons (Fsp3) is 0.273. The van der Waals surface area contributed by atoms with Crippen molar-refractivity contribution in [3.63, 3.8) is 0 Å². The molecule has 17 heavy (non-hydrogen) atoms. The van der Waals surface area contributed by atoms with Gasteiger partial charge < -0.3 is 5.11 Å². The van der Waals surface area contributed by atoms with E-state index in [2.05, 4.69) is 4.98 Å². The van der Waals surface area contributed by atoms with Crippen LogP contribution in [0.25, 0.3) is 10.2 Å². The molecule has 90 valence electrons. The number of nitrogens with zero attached hydrogens (tertiary/aromatic N) is 1. The smallest absolute Gasteiger partial charge is 0.319 e. The fourth-order valence-electron chi connectivity index (χ4n) is 1.28. The van der Waals surface area contributed by atoms with Crippen LogP contribution in [0.3, 0.4) is 0 Å². The van der Waals surface area contributed by atoms with Crippen LogP contribution in [-0.2, 0) is 4.79 Å². The van der Waals surface area contributed by atoms with E-state index in [4.69, 9.17) is 16.7 Å². The van der Waals surface area contributed by atoms with Crippen LogP contribution in [0.1, 0.15) is 13.8 Å². The largest absolute Gasteiger partial charge is 0.480 e. The Morgan fingerprint density at radius 3 is 2.94 bits per heavy atom. The number of hydrogen-bond acceptors (Lipinski definition) is 4. The van der Waals surface area contributed by atoms with Crippen molar-refractivity contribution in [2.75, 3.05) is 0 Å². The Morgan fingerprint density at radius 1 is 1.59 bits per heavy atom. The first-order chi connectivity index (χ1) is 7.90. The molecular weight excluding hydrogens is 278 g/mol. The Hall–Kier alpha value is -0.780. The van der Waals surface area contributed by atoms with Crippen molar-refractivity contribution in [1.29, 1.82) is 0 Å². The van der Waals surface area contributed by atoms with Crippen molar-refractivity contribution >= 4 is 50.9 Å². The summed E-state index contributed by atoms with van der Waals surface area (Å²) in [6, 6.07) is 3.61. The van der Waals surface area contributed by atoms with Gasteiger partial charge in [-0.25, -0.2) is 0 Å². The van der Waals surface area contributed by atoms with Crippen LogP contribution >= 0.6 is 34.7 Å². The quantitative estimate of drug-likeness (QED) is 0.870. The van der Waals surface area contributed by atoms with E-state index in [-0.39, 0.29) is 0 Å². The van der Waals surface area contributed by atoms with Crippen LogP contribution in [-0.4, -0.2) is 20.8 Å². The minimum atomic E-state index is -0.870. The highest BCUT2D eigenvalue weighted by atomic mass is 35.5. The number of carbonyl (C=O) groups is 1. The van der Waals surface area contributed by atoms with Crippen molar-refractivity contribution in [3.8, 4) is 0 Å². The second-order valence-corrected chi connectivity index (χ2v) is 7.34. The molecule has 0 aromatic carbocycles. The summed E-state index contributed by atoms with van der Waals surface area (Å²) in [5.74, 6) is -0.838. The molecule has 0 spiro atoms. The highest BCUT2D eigenvalue weighted by molar-refractivity contribution is 8.01. The third-order valence-electron chi connectivity index (χ3n) is 2.23. The van der Waals surface area contributed by atoms with Crippen LogP contribution in [0.2, 0.25) is 4.34 Å². The number of pyridine rings is 1. The summed E-state index contributed by atoms with van der Waals surface area (Å²) in [5, 5.41) is 9.12. The van der Waals surface area contributed by atoms with Gasteiger partial charge in [0.05, 0.1) is 14.6 Å². The monoisotopic (exact) mass is 287 g/mol. The predicted molar refractivity (Wildman–Crippen MR) is 72.2 cm³/mol. The number of thioether (sulfide) groups is 1. The topological polar surface area (TPSA) is 50.2 Å². The Morgan fingerprint density at radius 2 is 2.29 bits per heavy atom. The van der Waals surface area contributed by atoms with Gasteiger partial charge in [0.1, 0.15) is 4.75 Å². The molecule has 0 radical (unpaired) electrons. The second-order valence-electron chi connectivity index (χ2n) is 3.99. The van der Waals surface area contributed by atoms with Gasteiger partial charge in [-0.3, -0.25) is 9.78 Å². The molecule has 1 N–H and O–H groups in total. The molecule has 2 rings (SSSR count). The van der Waals surface area contributed by atoms with E-state index in [0.29, 0.717) is 4.34 Å². The maximum Gasteiger partial charge on any atom is 0.319 e. The molecule has 0 aliphatic rings. The second kappa shape index (κ2) is 4.48. The zero-order chi connectivity index (χ0) is 12.6. The van der Waals surface area contributed by atoms with E-state index in [1.54, 1.807) is 26.1 Å². The van der Waals surface area contributed by atoms with Gasteiger partial charge in [0.25, 0.3) is 0 Å². The third-order valence-corrected chi connectivity index (χ3v) is 4.89. The molecule has 3 nitrogen and oxygen atoms in total. The van der Waals surface area contributed by atoms with Crippen LogP contribution in [0.15, 0.2) is 23.2 Å². The lowest BCUT2D eigenvalue weighted by atomic mass is 10.2. The fourth-order valence-corrected chi connectivity index (χ4v) is 3.58. The van der Waals surface area contributed by atoms with Crippen molar-refractivity contribution in [2.45, 2.75) is 23.5 Å². The first-order valence-corrected chi connectivity index (χ1v) is 6.88. The lowest BCUT2D eigenvalue weighted by molar-refractivity contribution is -0.138. The molecule has 0 unspecified atom stereocenters. The Kier molecular flexibility index (Phi) is 3.34. The van der Waals surface area contributed by atoms with Gasteiger partial charge in [-0.2, -0.15) is 0 Å². The van der Waals surface area contributed by atoms with Gasteiger partial charge in [-0.05, 0) is 26.0 Å². The molecule has 0 fully saturated rings. The van der Waals surface area contributed by atoms with E-state index >= 15 is 0 Å². The molecule has 2 heterocycles. The number of carboxylic acid groups (broad SMARTS) is 1. The molecule has 0 amide bonds. The van der Waals surface area contributed by atoms with Gasteiger partial charge in [-0.15, -0.1) is 23.1 Å². The van der Waals surface area contributed by atoms with Crippen molar-refractivity contribution in [1.82, 2.24) is 4.98 Å². The summed E-state index contributed by atoms with van der Waals surface area (Å²) in [6.07, 6.45) is 1.67. The van der Waals surface area contributed by atoms with Crippen LogP contribution < -0.4 is 0 Å². The standard InChI is InChI=1S/C11H10ClNO2S2/c1-11(2,10(14)15)17-7-3-4-13-6-5-8(12)16-9(6)7/h3-5H,1-2H3,(H,14,15). The molecule has 0 atom stereocenters. The van der Waals surface area contributed by atoms with Gasteiger partial charge >= 0.3 is 5.97 Å². The minimum Gasteiger partial charge on any atom is -0.480 e. The van der Waals surface area contributed by atoms with Gasteiger partial charge in [0.15, 0.2) is 0 Å². The van der Waals surface area contributed by atoms with E-state index in [1.807, 2.05) is 6.07 Å². The molecule has 0 aliphatic heterocycles. The molecule has 0 saturated heterocycles. The Balaban J connectivity index is 2.46. The maximum atomic E-state index is 11.1. The molecule has 0 bridgehead atoms. The van der Waals surface area contributed by atoms with Gasteiger partial charge in [-0.1, -0.05) is 11.6 Å². The third kappa shape index (κ3) is 2.56. The number of thiophene rings is 1. The van der Waals surface area contributed by atoms with Crippen molar-refractivity contribution in [3.05, 3.63) is 22.7 Å². The minimum absolute atomic E-state index is 0.661. The molecule has 0 saturated carbocycles. The average Bonchev–Trinajstić information content (AvgIpc) is 2.59. The maximum absolute atomic E-state index is 11.1. The molecular formula is C11H10ClNO2S2. The number of hydrogen-bond donors (Lipinski definition) is 1. The lowest BCUT2D eigenvalue weighted by Gasteiger charge is -2.18. The predicted octanol–water partition coefficient (Wildman–Crippen LogP) is 3.91. The van der Waals surface area contributed by atoms with Crippen LogP contribution in [0.5, 0.6) is 0 Å². The first-order valence-electron chi connectivity index (χ1n) is 4.86. The molecule has 6 heteroatoms. The normalized spacial score (nSPS) is 11.9. The Labute approximate surface area is 112 Å². The highest BCUT2D eigenvalue weighted by Crippen LogP contribution is 2.40. The summed E-state index contributed by atoms with van der Waals surface area (Å²) in [6.45, 7) is 3.36. The van der Waals surface area contributed by atoms with E-state index in [1.165, 1.54) is 23.1 Å². The van der Waals surface area contributed by atoms with Crippen molar-refractivity contribution < 1.29 is 9.90 Å². The molecule has 2 aromatic heterocycles. The number of aliphatic carboxylic acids is 1. The van der Waals surface area contributed by atoms with Crippen molar-refractivity contribution in [2.24, 2.45) is 0 Å². The van der Waals surface area contributed by atoms with E-state index < -0.39 is 10.7 Å². The zero-order valence-electron chi connectivity index (χ0n) is 9.23. The van der Waals surface area contributed by atoms with Gasteiger partial charge in [0, 0.05) is 11.1 Å². The summed E-state index contributed by atoms with van der Waals surface area (Å²) in [4.78, 5) is 16.2. The number of rotatable bonds is 3. The van der Waals surface area contributed by atoms with Crippen LogP contribution in [0.4, 0.5) is 0 Å². The van der Waals surface area contributed by atoms with Gasteiger partial charge in [0.2, 0.25) is 0 Å². The Bertz CT molecular complexity index is 580. The lowest BCUT2D eigenvalue weighted by Crippen LogP contribution is -2.26. The SMILES string of the molecule is CC(C)(Sc1ccnc2cc(Cl)sc12)C(=O)O. The van der Waals surface area contributed by atoms with E-state index in [0.717, 1.165) is 15.1 Å². The summed E-state index contributed by atoms with van der Waals surface area (Å²) >= 11 is 8.67. The molecule has 0 aliphatic carbocycles. The number of fused-ring (bicyclic) bond motifs is 1. The average molecular weight is 288 g/mol. The van der Waals surface area contributed by atoms with E-state index in [9.17, 15) is 4.79 Å². The molecule has 2 aromatic rings. The number of carboxylic acids is 1. The number of halogens is 1. The summed E-state index contributed by atoms with van der Waals surface area (Å²) in [5.41, 5.74) is 0.811.